The number of sulfonamides is 1. The number of hydrogen-bond donors (Lipinski definition) is 1. The van der Waals surface area contributed by atoms with Gasteiger partial charge in [0.1, 0.15) is 18.3 Å². The number of halogens is 1. The molecule has 2 amide bonds. The van der Waals surface area contributed by atoms with E-state index in [2.05, 4.69) is 21.2 Å². The van der Waals surface area contributed by atoms with Crippen LogP contribution in [0, 0.1) is 0 Å². The molecule has 3 aromatic rings. The van der Waals surface area contributed by atoms with Crippen molar-refractivity contribution in [1.29, 1.82) is 0 Å². The summed E-state index contributed by atoms with van der Waals surface area (Å²) in [6.07, 6.45) is 0.335. The van der Waals surface area contributed by atoms with E-state index in [4.69, 9.17) is 4.74 Å². The Morgan fingerprint density at radius 3 is 2.20 bits per heavy atom. The van der Waals surface area contributed by atoms with Crippen molar-refractivity contribution >= 4 is 43.5 Å². The van der Waals surface area contributed by atoms with E-state index in [1.165, 1.54) is 17.0 Å². The van der Waals surface area contributed by atoms with E-state index < -0.39 is 34.1 Å². The molecule has 0 saturated carbocycles. The number of benzene rings is 3. The van der Waals surface area contributed by atoms with Gasteiger partial charge in [0.05, 0.1) is 17.7 Å². The molecule has 0 aromatic heterocycles. The normalized spacial score (nSPS) is 12.3. The van der Waals surface area contributed by atoms with Crippen molar-refractivity contribution < 1.29 is 22.7 Å². The molecule has 0 heterocycles. The summed E-state index contributed by atoms with van der Waals surface area (Å²) in [5, 5.41) is 2.97. The molecule has 0 bridgehead atoms. The number of rotatable bonds is 11. The van der Waals surface area contributed by atoms with Crippen molar-refractivity contribution in [2.75, 3.05) is 18.0 Å². The molecule has 1 N–H and O–H groups in total. The Balaban J connectivity index is 2.06. The van der Waals surface area contributed by atoms with Gasteiger partial charge in [-0.3, -0.25) is 13.9 Å². The maximum Gasteiger partial charge on any atom is 0.264 e. The van der Waals surface area contributed by atoms with Gasteiger partial charge >= 0.3 is 0 Å². The summed E-state index contributed by atoms with van der Waals surface area (Å²) < 4.78 is 34.9. The van der Waals surface area contributed by atoms with Gasteiger partial charge in [0, 0.05) is 16.6 Å². The molecular weight excluding hydrogens is 594 g/mol. The number of hydrogen-bond acceptors (Lipinski definition) is 5. The van der Waals surface area contributed by atoms with Gasteiger partial charge in [-0.2, -0.15) is 0 Å². The molecule has 0 aliphatic carbocycles. The first-order chi connectivity index (χ1) is 18.9. The van der Waals surface area contributed by atoms with Crippen molar-refractivity contribution in [3.63, 3.8) is 0 Å². The van der Waals surface area contributed by atoms with Crippen molar-refractivity contribution in [1.82, 2.24) is 10.2 Å². The molecule has 3 aromatic carbocycles. The van der Waals surface area contributed by atoms with Crippen LogP contribution in [0.1, 0.15) is 39.7 Å². The van der Waals surface area contributed by atoms with Crippen molar-refractivity contribution in [2.45, 2.75) is 57.1 Å². The maximum atomic E-state index is 14.1. The molecule has 214 valence electrons. The molecule has 0 fully saturated rings. The van der Waals surface area contributed by atoms with Crippen LogP contribution in [0.15, 0.2) is 88.2 Å². The number of amides is 2. The standard InChI is InChI=1S/C30H36BrN3O5S/c1-6-27(29(36)32-30(2,3)4)33(20-22-11-10-12-25(19-22)39-5)28(35)21-34(24-17-15-23(31)16-18-24)40(37,38)26-13-8-7-9-14-26/h7-19,27H,6,20-21H2,1-5H3,(H,32,36). The summed E-state index contributed by atoms with van der Waals surface area (Å²) in [5.74, 6) is -0.214. The van der Waals surface area contributed by atoms with Crippen molar-refractivity contribution in [2.24, 2.45) is 0 Å². The lowest BCUT2D eigenvalue weighted by Crippen LogP contribution is -2.55. The summed E-state index contributed by atoms with van der Waals surface area (Å²) in [4.78, 5) is 29.0. The molecule has 0 spiro atoms. The zero-order chi connectivity index (χ0) is 29.5. The molecular formula is C30H36BrN3O5S. The van der Waals surface area contributed by atoms with E-state index in [0.717, 1.165) is 14.3 Å². The number of nitrogens with one attached hydrogen (secondary N) is 1. The van der Waals surface area contributed by atoms with Gasteiger partial charge in [-0.1, -0.05) is 53.2 Å². The highest BCUT2D eigenvalue weighted by molar-refractivity contribution is 9.10. The van der Waals surface area contributed by atoms with Crippen LogP contribution in [0.4, 0.5) is 5.69 Å². The molecule has 1 atom stereocenters. The lowest BCUT2D eigenvalue weighted by molar-refractivity contribution is -0.141. The maximum absolute atomic E-state index is 14.1. The van der Waals surface area contributed by atoms with E-state index >= 15 is 0 Å². The quantitative estimate of drug-likeness (QED) is 0.307. The summed E-state index contributed by atoms with van der Waals surface area (Å²) >= 11 is 3.38. The molecule has 0 aliphatic rings. The first-order valence-corrected chi connectivity index (χ1v) is 15.2. The van der Waals surface area contributed by atoms with Crippen molar-refractivity contribution in [3.8, 4) is 5.75 Å². The first-order valence-electron chi connectivity index (χ1n) is 12.9. The SMILES string of the molecule is CCC(C(=O)NC(C)(C)C)N(Cc1cccc(OC)c1)C(=O)CN(c1ccc(Br)cc1)S(=O)(=O)c1ccccc1. The highest BCUT2D eigenvalue weighted by Gasteiger charge is 2.34. The van der Waals surface area contributed by atoms with Gasteiger partial charge in [0.2, 0.25) is 11.8 Å². The number of nitrogens with zero attached hydrogens (tertiary/aromatic N) is 2. The Bertz CT molecular complexity index is 1410. The van der Waals surface area contributed by atoms with Gasteiger partial charge in [-0.05, 0) is 81.3 Å². The number of methoxy groups -OCH3 is 1. The Morgan fingerprint density at radius 2 is 1.62 bits per heavy atom. The molecule has 8 nitrogen and oxygen atoms in total. The highest BCUT2D eigenvalue weighted by Crippen LogP contribution is 2.26. The largest absolute Gasteiger partial charge is 0.497 e. The summed E-state index contributed by atoms with van der Waals surface area (Å²) in [6.45, 7) is 7.02. The average Bonchev–Trinajstić information content (AvgIpc) is 2.91. The average molecular weight is 631 g/mol. The third kappa shape index (κ3) is 8.08. The first kappa shape index (κ1) is 31.2. The summed E-state index contributed by atoms with van der Waals surface area (Å²) in [5.41, 5.74) is 0.555. The second kappa shape index (κ2) is 13.3. The second-order valence-electron chi connectivity index (χ2n) is 10.3. The fourth-order valence-electron chi connectivity index (χ4n) is 4.20. The Labute approximate surface area is 245 Å². The minimum atomic E-state index is -4.11. The van der Waals surface area contributed by atoms with Crippen LogP contribution in [0.25, 0.3) is 0 Å². The van der Waals surface area contributed by atoms with Crippen LogP contribution in [-0.2, 0) is 26.2 Å². The lowest BCUT2D eigenvalue weighted by atomic mass is 10.1. The van der Waals surface area contributed by atoms with E-state index in [9.17, 15) is 18.0 Å². The predicted molar refractivity (Wildman–Crippen MR) is 161 cm³/mol. The van der Waals surface area contributed by atoms with Crippen LogP contribution < -0.4 is 14.4 Å². The summed E-state index contributed by atoms with van der Waals surface area (Å²) in [7, 11) is -2.56. The van der Waals surface area contributed by atoms with Gasteiger partial charge in [0.15, 0.2) is 0 Å². The Kier molecular flexibility index (Phi) is 10.4. The Hall–Kier alpha value is -3.37. The van der Waals surface area contributed by atoms with Crippen molar-refractivity contribution in [3.05, 3.63) is 88.9 Å². The minimum Gasteiger partial charge on any atom is -0.497 e. The molecule has 40 heavy (non-hydrogen) atoms. The third-order valence-electron chi connectivity index (χ3n) is 6.10. The van der Waals surface area contributed by atoms with E-state index in [0.29, 0.717) is 17.9 Å². The molecule has 0 radical (unpaired) electrons. The van der Waals surface area contributed by atoms with Crippen LogP contribution >= 0.6 is 15.9 Å². The number of carbonyl (C=O) groups excluding carboxylic acids is 2. The fourth-order valence-corrected chi connectivity index (χ4v) is 5.90. The minimum absolute atomic E-state index is 0.0579. The van der Waals surface area contributed by atoms with Gasteiger partial charge in [0.25, 0.3) is 10.0 Å². The molecule has 0 saturated heterocycles. The third-order valence-corrected chi connectivity index (χ3v) is 8.41. The number of carbonyl (C=O) groups is 2. The number of anilines is 1. The van der Waals surface area contributed by atoms with Crippen LogP contribution in [0.5, 0.6) is 5.75 Å². The molecule has 0 aliphatic heterocycles. The van der Waals surface area contributed by atoms with E-state index in [-0.39, 0.29) is 17.3 Å². The molecule has 1 unspecified atom stereocenters. The van der Waals surface area contributed by atoms with Crippen LogP contribution in [0.3, 0.4) is 0 Å². The van der Waals surface area contributed by atoms with Crippen LogP contribution in [-0.4, -0.2) is 50.4 Å². The summed E-state index contributed by atoms with van der Waals surface area (Å²) in [6, 6.07) is 21.1. The zero-order valence-electron chi connectivity index (χ0n) is 23.4. The van der Waals surface area contributed by atoms with Gasteiger partial charge in [-0.15, -0.1) is 0 Å². The highest BCUT2D eigenvalue weighted by atomic mass is 79.9. The van der Waals surface area contributed by atoms with E-state index in [1.807, 2.05) is 33.8 Å². The number of ether oxygens (including phenoxy) is 1. The Morgan fingerprint density at radius 1 is 0.975 bits per heavy atom. The molecule has 3 rings (SSSR count). The fraction of sp³-hybridized carbons (Fsp3) is 0.333. The van der Waals surface area contributed by atoms with E-state index in [1.54, 1.807) is 67.8 Å². The zero-order valence-corrected chi connectivity index (χ0v) is 25.8. The lowest BCUT2D eigenvalue weighted by Gasteiger charge is -2.34. The monoisotopic (exact) mass is 629 g/mol. The van der Waals surface area contributed by atoms with Gasteiger partial charge in [-0.25, -0.2) is 8.42 Å². The molecule has 10 heteroatoms. The van der Waals surface area contributed by atoms with Crippen LogP contribution in [0.2, 0.25) is 0 Å². The second-order valence-corrected chi connectivity index (χ2v) is 13.1. The smallest absolute Gasteiger partial charge is 0.264 e. The van der Waals surface area contributed by atoms with Gasteiger partial charge < -0.3 is 15.0 Å². The predicted octanol–water partition coefficient (Wildman–Crippen LogP) is 5.38. The topological polar surface area (TPSA) is 96.0 Å².